The standard InChI is InChI=1S/2C17H19FN4O2S.C4H4O4/c2*18-11-4-1-3-10(7-11)14-8-13(22-17(19)24)15(25-14)16(23)21-12-5-2-6-20-9-12;5-3(6)1-2-4(7)8/h2*1,3-4,7-8,12,20H,2,5-6,9H2,(H,21,23)(H3,19,22,24);1-2H,(H,5,6)(H,7,8)/b;;2-1+/t2*12-;/m00./s1. The fraction of sp³-hybridized carbons (Fsp3) is 0.263. The highest BCUT2D eigenvalue weighted by Gasteiger charge is 2.24. The minimum Gasteiger partial charge on any atom is -0.478 e. The van der Waals surface area contributed by atoms with Gasteiger partial charge in [-0.2, -0.15) is 0 Å². The Labute approximate surface area is 339 Å². The lowest BCUT2D eigenvalue weighted by Gasteiger charge is -2.23. The summed E-state index contributed by atoms with van der Waals surface area (Å²) in [5.41, 5.74) is 12.3. The third-order valence-corrected chi connectivity index (χ3v) is 10.6. The van der Waals surface area contributed by atoms with E-state index in [9.17, 15) is 37.5 Å². The van der Waals surface area contributed by atoms with Gasteiger partial charge in [0, 0.05) is 47.1 Å². The van der Waals surface area contributed by atoms with Gasteiger partial charge in [-0.05, 0) is 86.3 Å². The molecule has 2 aliphatic rings. The molecule has 16 nitrogen and oxygen atoms in total. The Bertz CT molecular complexity index is 1980. The molecule has 2 aliphatic heterocycles. The number of nitrogens with one attached hydrogen (secondary N) is 6. The van der Waals surface area contributed by atoms with E-state index in [2.05, 4.69) is 31.9 Å². The first-order valence-corrected chi connectivity index (χ1v) is 19.4. The molecular formula is C38H42F2N8O8S2. The minimum absolute atomic E-state index is 0.0439. The third-order valence-electron chi connectivity index (χ3n) is 8.24. The molecule has 0 saturated carbocycles. The normalized spacial score (nSPS) is 16.0. The number of piperidine rings is 2. The molecular weight excluding hydrogens is 799 g/mol. The van der Waals surface area contributed by atoms with Crippen LogP contribution in [0.25, 0.3) is 20.9 Å². The zero-order chi connectivity index (χ0) is 42.2. The minimum atomic E-state index is -1.26. The summed E-state index contributed by atoms with van der Waals surface area (Å²) < 4.78 is 26.9. The van der Waals surface area contributed by atoms with Gasteiger partial charge in [-0.3, -0.25) is 9.59 Å². The van der Waals surface area contributed by atoms with Crippen molar-refractivity contribution < 1.29 is 47.8 Å². The van der Waals surface area contributed by atoms with Gasteiger partial charge in [-0.15, -0.1) is 22.7 Å². The number of thiophene rings is 2. The first-order chi connectivity index (χ1) is 27.7. The Morgan fingerprint density at radius 1 is 0.655 bits per heavy atom. The van der Waals surface area contributed by atoms with Gasteiger partial charge in [-0.1, -0.05) is 24.3 Å². The van der Waals surface area contributed by atoms with Crippen LogP contribution in [0, 0.1) is 11.6 Å². The van der Waals surface area contributed by atoms with Crippen molar-refractivity contribution in [1.29, 1.82) is 0 Å². The Kier molecular flexibility index (Phi) is 16.8. The van der Waals surface area contributed by atoms with E-state index in [4.69, 9.17) is 21.7 Å². The second kappa shape index (κ2) is 21.9. The summed E-state index contributed by atoms with van der Waals surface area (Å²) >= 11 is 2.38. The third kappa shape index (κ3) is 14.4. The molecule has 58 heavy (non-hydrogen) atoms. The lowest BCUT2D eigenvalue weighted by atomic mass is 10.1. The quantitative estimate of drug-likeness (QED) is 0.0978. The molecule has 2 aromatic heterocycles. The Balaban J connectivity index is 0.000000217. The number of benzene rings is 2. The molecule has 0 aliphatic carbocycles. The zero-order valence-electron chi connectivity index (χ0n) is 30.8. The number of hydrogen-bond acceptors (Lipinski definition) is 10. The number of urea groups is 2. The molecule has 0 radical (unpaired) electrons. The van der Waals surface area contributed by atoms with Crippen LogP contribution in [0.15, 0.2) is 72.8 Å². The predicted octanol–water partition coefficient (Wildman–Crippen LogP) is 4.77. The fourth-order valence-electron chi connectivity index (χ4n) is 5.73. The largest absolute Gasteiger partial charge is 0.478 e. The Morgan fingerprint density at radius 3 is 1.36 bits per heavy atom. The first kappa shape index (κ1) is 44.5. The number of aliphatic carboxylic acids is 2. The Morgan fingerprint density at radius 2 is 1.05 bits per heavy atom. The first-order valence-electron chi connectivity index (χ1n) is 17.8. The average Bonchev–Trinajstić information content (AvgIpc) is 3.80. The average molecular weight is 841 g/mol. The molecule has 6 amide bonds. The van der Waals surface area contributed by atoms with E-state index in [0.717, 1.165) is 38.8 Å². The van der Waals surface area contributed by atoms with Gasteiger partial charge in [0.05, 0.1) is 11.4 Å². The summed E-state index contributed by atoms with van der Waals surface area (Å²) in [6.45, 7) is 3.33. The highest BCUT2D eigenvalue weighted by molar-refractivity contribution is 7.18. The second-order valence-electron chi connectivity index (χ2n) is 12.7. The zero-order valence-corrected chi connectivity index (χ0v) is 32.4. The van der Waals surface area contributed by atoms with E-state index >= 15 is 0 Å². The molecule has 4 aromatic rings. The molecule has 2 atom stereocenters. The van der Waals surface area contributed by atoms with Gasteiger partial charge >= 0.3 is 24.0 Å². The van der Waals surface area contributed by atoms with Crippen molar-refractivity contribution in [1.82, 2.24) is 21.3 Å². The molecule has 2 fully saturated rings. The molecule has 2 saturated heterocycles. The summed E-state index contributed by atoms with van der Waals surface area (Å²) in [6.07, 6.45) is 4.91. The maximum atomic E-state index is 13.5. The number of carbonyl (C=O) groups is 6. The summed E-state index contributed by atoms with van der Waals surface area (Å²) in [5, 5.41) is 33.0. The number of carboxylic acid groups (broad SMARTS) is 2. The monoisotopic (exact) mass is 840 g/mol. The van der Waals surface area contributed by atoms with E-state index in [1.807, 2.05) is 0 Å². The van der Waals surface area contributed by atoms with E-state index in [1.54, 1.807) is 36.4 Å². The van der Waals surface area contributed by atoms with Crippen LogP contribution >= 0.6 is 22.7 Å². The second-order valence-corrected chi connectivity index (χ2v) is 14.9. The number of rotatable bonds is 10. The smallest absolute Gasteiger partial charge is 0.328 e. The van der Waals surface area contributed by atoms with Gasteiger partial charge in [-0.25, -0.2) is 28.0 Å². The highest BCUT2D eigenvalue weighted by Crippen LogP contribution is 2.36. The lowest BCUT2D eigenvalue weighted by Crippen LogP contribution is -2.45. The molecule has 2 aromatic carbocycles. The summed E-state index contributed by atoms with van der Waals surface area (Å²) in [4.78, 5) is 68.9. The molecule has 0 unspecified atom stereocenters. The van der Waals surface area contributed by atoms with Crippen LogP contribution in [0.2, 0.25) is 0 Å². The number of halogens is 2. The van der Waals surface area contributed by atoms with Crippen molar-refractivity contribution in [2.75, 3.05) is 36.8 Å². The van der Waals surface area contributed by atoms with Crippen LogP contribution in [0.1, 0.15) is 45.0 Å². The van der Waals surface area contributed by atoms with Crippen LogP contribution in [-0.2, 0) is 9.59 Å². The molecule has 0 spiro atoms. The molecule has 20 heteroatoms. The fourth-order valence-corrected chi connectivity index (χ4v) is 7.76. The van der Waals surface area contributed by atoms with Gasteiger partial charge in [0.25, 0.3) is 11.8 Å². The number of anilines is 2. The van der Waals surface area contributed by atoms with Crippen LogP contribution < -0.4 is 43.4 Å². The molecule has 6 rings (SSSR count). The maximum absolute atomic E-state index is 13.5. The summed E-state index contributed by atoms with van der Waals surface area (Å²) in [6, 6.07) is 14.0. The van der Waals surface area contributed by atoms with Crippen molar-refractivity contribution in [2.45, 2.75) is 37.8 Å². The van der Waals surface area contributed by atoms with Crippen LogP contribution in [0.4, 0.5) is 29.7 Å². The van der Waals surface area contributed by atoms with Crippen molar-refractivity contribution in [3.8, 4) is 20.9 Å². The molecule has 12 N–H and O–H groups in total. The summed E-state index contributed by atoms with van der Waals surface area (Å²) in [7, 11) is 0. The SMILES string of the molecule is NC(=O)Nc1cc(-c2cccc(F)c2)sc1C(=O)N[C@H]1CCCNC1.NC(=O)Nc1cc(-c2cccc(F)c2)sc1C(=O)N[C@H]1CCCNC1.O=C(O)/C=C/C(=O)O. The number of nitrogens with two attached hydrogens (primary N) is 2. The van der Waals surface area contributed by atoms with Gasteiger partial charge < -0.3 is 53.6 Å². The molecule has 4 heterocycles. The van der Waals surface area contributed by atoms with Crippen molar-refractivity contribution in [2.24, 2.45) is 11.5 Å². The number of primary amides is 2. The van der Waals surface area contributed by atoms with Crippen molar-refractivity contribution >= 4 is 69.9 Å². The number of carboxylic acids is 2. The summed E-state index contributed by atoms with van der Waals surface area (Å²) in [5.74, 6) is -3.79. The van der Waals surface area contributed by atoms with E-state index in [0.29, 0.717) is 67.3 Å². The van der Waals surface area contributed by atoms with Crippen LogP contribution in [0.5, 0.6) is 0 Å². The lowest BCUT2D eigenvalue weighted by molar-refractivity contribution is -0.134. The van der Waals surface area contributed by atoms with Crippen LogP contribution in [-0.4, -0.2) is 84.3 Å². The number of carbonyl (C=O) groups excluding carboxylic acids is 4. The van der Waals surface area contributed by atoms with E-state index in [-0.39, 0.29) is 35.5 Å². The predicted molar refractivity (Wildman–Crippen MR) is 217 cm³/mol. The number of amides is 6. The van der Waals surface area contributed by atoms with Crippen molar-refractivity contribution in [3.05, 3.63) is 94.2 Å². The van der Waals surface area contributed by atoms with E-state index < -0.39 is 24.0 Å². The highest BCUT2D eigenvalue weighted by atomic mass is 32.1. The number of hydrogen-bond donors (Lipinski definition) is 10. The topological polar surface area (TPSA) is 267 Å². The van der Waals surface area contributed by atoms with Gasteiger partial charge in [0.15, 0.2) is 0 Å². The Hall–Kier alpha value is -6.22. The van der Waals surface area contributed by atoms with Gasteiger partial charge in [0.1, 0.15) is 21.4 Å². The van der Waals surface area contributed by atoms with Crippen LogP contribution in [0.3, 0.4) is 0 Å². The molecule has 308 valence electrons. The molecule has 0 bridgehead atoms. The van der Waals surface area contributed by atoms with Crippen molar-refractivity contribution in [3.63, 3.8) is 0 Å². The van der Waals surface area contributed by atoms with Gasteiger partial charge in [0.2, 0.25) is 0 Å². The maximum Gasteiger partial charge on any atom is 0.328 e. The van der Waals surface area contributed by atoms with E-state index in [1.165, 1.54) is 46.9 Å².